The Balaban J connectivity index is 2.52. The van der Waals surface area contributed by atoms with Crippen LogP contribution in [0.5, 0.6) is 0 Å². The van der Waals surface area contributed by atoms with E-state index in [0.29, 0.717) is 6.04 Å². The second-order valence-corrected chi connectivity index (χ2v) is 3.09. The molecular formula is C9H15N. The maximum Gasteiger partial charge on any atom is 0.0471 e. The van der Waals surface area contributed by atoms with E-state index in [9.17, 15) is 0 Å². The molecule has 1 heteroatoms. The number of aliphatic imine (C=N–C) groups is 1. The van der Waals surface area contributed by atoms with Crippen LogP contribution in [0.25, 0.3) is 0 Å². The lowest BCUT2D eigenvalue weighted by Gasteiger charge is -2.10. The van der Waals surface area contributed by atoms with Gasteiger partial charge in [-0.1, -0.05) is 13.0 Å². The predicted molar refractivity (Wildman–Crippen MR) is 45.5 cm³/mol. The van der Waals surface area contributed by atoms with E-state index < -0.39 is 0 Å². The molecule has 0 aromatic carbocycles. The SMILES string of the molecule is CC1C=CC=NC(C)CC1. The zero-order valence-electron chi connectivity index (χ0n) is 6.75. The second kappa shape index (κ2) is 3.55. The van der Waals surface area contributed by atoms with Crippen molar-refractivity contribution < 1.29 is 0 Å². The van der Waals surface area contributed by atoms with Crippen LogP contribution in [0.3, 0.4) is 0 Å². The van der Waals surface area contributed by atoms with Crippen LogP contribution >= 0.6 is 0 Å². The summed E-state index contributed by atoms with van der Waals surface area (Å²) in [4.78, 5) is 4.31. The molecule has 1 aliphatic heterocycles. The third kappa shape index (κ3) is 2.34. The Labute approximate surface area is 62.9 Å². The number of nitrogens with zero attached hydrogens (tertiary/aromatic N) is 1. The van der Waals surface area contributed by atoms with Crippen molar-refractivity contribution in [1.29, 1.82) is 0 Å². The molecule has 0 aliphatic carbocycles. The predicted octanol–water partition coefficient (Wildman–Crippen LogP) is 2.43. The normalized spacial score (nSPS) is 33.4. The van der Waals surface area contributed by atoms with Crippen molar-refractivity contribution in [3.8, 4) is 0 Å². The first kappa shape index (κ1) is 7.52. The summed E-state index contributed by atoms with van der Waals surface area (Å²) in [5.41, 5.74) is 0. The summed E-state index contributed by atoms with van der Waals surface area (Å²) in [6.45, 7) is 4.42. The molecule has 0 aromatic rings. The fourth-order valence-corrected chi connectivity index (χ4v) is 1.11. The van der Waals surface area contributed by atoms with Crippen LogP contribution in [0.15, 0.2) is 17.1 Å². The van der Waals surface area contributed by atoms with E-state index in [2.05, 4.69) is 31.0 Å². The molecule has 1 heterocycles. The molecule has 1 aliphatic rings. The Bertz CT molecular complexity index is 129. The van der Waals surface area contributed by atoms with Gasteiger partial charge in [0.1, 0.15) is 0 Å². The van der Waals surface area contributed by atoms with Crippen LogP contribution in [-0.4, -0.2) is 12.3 Å². The van der Waals surface area contributed by atoms with E-state index in [1.165, 1.54) is 12.8 Å². The molecule has 0 saturated heterocycles. The number of hydrogen-bond donors (Lipinski definition) is 0. The lowest BCUT2D eigenvalue weighted by molar-refractivity contribution is 0.549. The highest BCUT2D eigenvalue weighted by molar-refractivity contribution is 5.71. The first-order valence-corrected chi connectivity index (χ1v) is 3.99. The van der Waals surface area contributed by atoms with Gasteiger partial charge < -0.3 is 0 Å². The van der Waals surface area contributed by atoms with Crippen molar-refractivity contribution >= 4 is 6.21 Å². The van der Waals surface area contributed by atoms with Crippen LogP contribution in [0.4, 0.5) is 0 Å². The van der Waals surface area contributed by atoms with E-state index in [1.54, 1.807) is 0 Å². The lowest BCUT2D eigenvalue weighted by atomic mass is 10.0. The minimum Gasteiger partial charge on any atom is -0.290 e. The highest BCUT2D eigenvalue weighted by Crippen LogP contribution is 2.12. The monoisotopic (exact) mass is 137 g/mol. The number of hydrogen-bond acceptors (Lipinski definition) is 1. The molecule has 1 rings (SSSR count). The summed E-state index contributed by atoms with van der Waals surface area (Å²) < 4.78 is 0. The largest absolute Gasteiger partial charge is 0.290 e. The van der Waals surface area contributed by atoms with Crippen molar-refractivity contribution in [3.63, 3.8) is 0 Å². The average Bonchev–Trinajstić information content (AvgIpc) is 1.90. The van der Waals surface area contributed by atoms with Gasteiger partial charge in [0.2, 0.25) is 0 Å². The molecule has 1 nitrogen and oxygen atoms in total. The molecule has 0 fully saturated rings. The minimum absolute atomic E-state index is 0.521. The van der Waals surface area contributed by atoms with Crippen LogP contribution in [0.2, 0.25) is 0 Å². The zero-order valence-corrected chi connectivity index (χ0v) is 6.75. The van der Waals surface area contributed by atoms with Gasteiger partial charge in [-0.3, -0.25) is 4.99 Å². The molecule has 0 saturated carbocycles. The van der Waals surface area contributed by atoms with Crippen LogP contribution in [0.1, 0.15) is 26.7 Å². The molecular weight excluding hydrogens is 122 g/mol. The summed E-state index contributed by atoms with van der Waals surface area (Å²) in [5, 5.41) is 0. The molecule has 0 bridgehead atoms. The smallest absolute Gasteiger partial charge is 0.0471 e. The molecule has 2 unspecified atom stereocenters. The highest BCUT2D eigenvalue weighted by Gasteiger charge is 2.03. The lowest BCUT2D eigenvalue weighted by Crippen LogP contribution is -2.03. The fourth-order valence-electron chi connectivity index (χ4n) is 1.11. The topological polar surface area (TPSA) is 12.4 Å². The molecule has 2 atom stereocenters. The first-order chi connectivity index (χ1) is 4.79. The highest BCUT2D eigenvalue weighted by atomic mass is 14.7. The Morgan fingerprint density at radius 1 is 1.30 bits per heavy atom. The second-order valence-electron chi connectivity index (χ2n) is 3.09. The zero-order chi connectivity index (χ0) is 7.40. The van der Waals surface area contributed by atoms with Gasteiger partial charge in [0, 0.05) is 12.3 Å². The summed E-state index contributed by atoms with van der Waals surface area (Å²) in [6, 6.07) is 0.521. The first-order valence-electron chi connectivity index (χ1n) is 3.99. The third-order valence-electron chi connectivity index (χ3n) is 1.91. The third-order valence-corrected chi connectivity index (χ3v) is 1.91. The van der Waals surface area contributed by atoms with Gasteiger partial charge in [-0.2, -0.15) is 0 Å². The van der Waals surface area contributed by atoms with Crippen molar-refractivity contribution in [1.82, 2.24) is 0 Å². The summed E-state index contributed by atoms with van der Waals surface area (Å²) >= 11 is 0. The van der Waals surface area contributed by atoms with Crippen molar-refractivity contribution in [2.45, 2.75) is 32.7 Å². The number of allylic oxidation sites excluding steroid dienone is 2. The maximum absolute atomic E-state index is 4.31. The van der Waals surface area contributed by atoms with Crippen LogP contribution < -0.4 is 0 Å². The molecule has 56 valence electrons. The Morgan fingerprint density at radius 3 is 2.90 bits per heavy atom. The van der Waals surface area contributed by atoms with Gasteiger partial charge in [0.25, 0.3) is 0 Å². The molecule has 0 amide bonds. The van der Waals surface area contributed by atoms with Gasteiger partial charge in [-0.25, -0.2) is 0 Å². The molecule has 0 aromatic heterocycles. The fraction of sp³-hybridized carbons (Fsp3) is 0.667. The maximum atomic E-state index is 4.31. The molecule has 0 radical (unpaired) electrons. The van der Waals surface area contributed by atoms with Crippen molar-refractivity contribution in [2.24, 2.45) is 10.9 Å². The van der Waals surface area contributed by atoms with E-state index in [-0.39, 0.29) is 0 Å². The van der Waals surface area contributed by atoms with Crippen molar-refractivity contribution in [3.05, 3.63) is 12.2 Å². The molecule has 0 spiro atoms. The molecule has 10 heavy (non-hydrogen) atoms. The quantitative estimate of drug-likeness (QED) is 0.486. The van der Waals surface area contributed by atoms with Crippen molar-refractivity contribution in [2.75, 3.05) is 0 Å². The van der Waals surface area contributed by atoms with E-state index in [1.807, 2.05) is 6.21 Å². The van der Waals surface area contributed by atoms with Gasteiger partial charge in [0.05, 0.1) is 0 Å². The minimum atomic E-state index is 0.521. The van der Waals surface area contributed by atoms with E-state index in [0.717, 1.165) is 5.92 Å². The van der Waals surface area contributed by atoms with Gasteiger partial charge in [-0.15, -0.1) is 0 Å². The summed E-state index contributed by atoms with van der Waals surface area (Å²) in [6.07, 6.45) is 8.69. The van der Waals surface area contributed by atoms with Crippen LogP contribution in [-0.2, 0) is 0 Å². The standard InChI is InChI=1S/C9H15N/c1-8-4-3-7-10-9(2)6-5-8/h3-4,7-9H,5-6H2,1-2H3. The molecule has 0 N–H and O–H groups in total. The number of rotatable bonds is 0. The Morgan fingerprint density at radius 2 is 2.10 bits per heavy atom. The Hall–Kier alpha value is -0.590. The summed E-state index contributed by atoms with van der Waals surface area (Å²) in [7, 11) is 0. The van der Waals surface area contributed by atoms with E-state index in [4.69, 9.17) is 0 Å². The van der Waals surface area contributed by atoms with E-state index >= 15 is 0 Å². The van der Waals surface area contributed by atoms with Gasteiger partial charge >= 0.3 is 0 Å². The van der Waals surface area contributed by atoms with Crippen LogP contribution in [0, 0.1) is 5.92 Å². The average molecular weight is 137 g/mol. The Kier molecular flexibility index (Phi) is 2.67. The van der Waals surface area contributed by atoms with Gasteiger partial charge in [0.15, 0.2) is 0 Å². The van der Waals surface area contributed by atoms with Gasteiger partial charge in [-0.05, 0) is 31.8 Å². The summed E-state index contributed by atoms with van der Waals surface area (Å²) in [5.74, 6) is 0.731.